The highest BCUT2D eigenvalue weighted by molar-refractivity contribution is 8.26. The summed E-state index contributed by atoms with van der Waals surface area (Å²) in [4.78, 5) is 24.6. The zero-order chi connectivity index (χ0) is 15.4. The highest BCUT2D eigenvalue weighted by Crippen LogP contribution is 2.32. The Hall–Kier alpha value is -1.86. The van der Waals surface area contributed by atoms with Crippen LogP contribution in [0.15, 0.2) is 29.2 Å². The number of nitrogens with zero attached hydrogens (tertiary/aromatic N) is 1. The molecule has 1 heterocycles. The fourth-order valence-corrected chi connectivity index (χ4v) is 3.11. The van der Waals surface area contributed by atoms with Gasteiger partial charge >= 0.3 is 5.97 Å². The van der Waals surface area contributed by atoms with Gasteiger partial charge in [-0.25, -0.2) is 4.79 Å². The molecule has 110 valence electrons. The summed E-state index contributed by atoms with van der Waals surface area (Å²) in [6.45, 7) is 2.06. The lowest BCUT2D eigenvalue weighted by molar-refractivity contribution is -0.139. The number of amides is 1. The number of thioether (sulfide) groups is 1. The quantitative estimate of drug-likeness (QED) is 0.663. The predicted octanol–water partition coefficient (Wildman–Crippen LogP) is 2.37. The van der Waals surface area contributed by atoms with Gasteiger partial charge in [-0.05, 0) is 30.7 Å². The van der Waals surface area contributed by atoms with Crippen LogP contribution >= 0.6 is 24.0 Å². The van der Waals surface area contributed by atoms with Crippen molar-refractivity contribution >= 4 is 46.3 Å². The Morgan fingerprint density at radius 1 is 1.43 bits per heavy atom. The summed E-state index contributed by atoms with van der Waals surface area (Å²) in [6, 6.07) is 6.84. The second-order valence-corrected chi connectivity index (χ2v) is 5.85. The van der Waals surface area contributed by atoms with E-state index in [-0.39, 0.29) is 12.5 Å². The van der Waals surface area contributed by atoms with Crippen LogP contribution in [-0.2, 0) is 9.59 Å². The molecular formula is C14H13NO4S2. The maximum Gasteiger partial charge on any atom is 0.341 e. The molecule has 5 nitrogen and oxygen atoms in total. The average Bonchev–Trinajstić information content (AvgIpc) is 2.72. The van der Waals surface area contributed by atoms with Gasteiger partial charge in [0.25, 0.3) is 5.91 Å². The normalized spacial score (nSPS) is 16.6. The molecule has 21 heavy (non-hydrogen) atoms. The molecule has 1 N–H and O–H groups in total. The third-order valence-electron chi connectivity index (χ3n) is 2.73. The fourth-order valence-electron chi connectivity index (χ4n) is 1.73. The van der Waals surface area contributed by atoms with E-state index in [2.05, 4.69) is 0 Å². The molecule has 1 aromatic carbocycles. The summed E-state index contributed by atoms with van der Waals surface area (Å²) < 4.78 is 5.61. The highest BCUT2D eigenvalue weighted by Gasteiger charge is 2.30. The number of carbonyl (C=O) groups is 2. The molecule has 0 bridgehead atoms. The van der Waals surface area contributed by atoms with Crippen molar-refractivity contribution in [3.05, 3.63) is 34.7 Å². The molecule has 0 radical (unpaired) electrons. The first-order chi connectivity index (χ1) is 10.0. The molecule has 2 rings (SSSR count). The van der Waals surface area contributed by atoms with E-state index in [1.807, 2.05) is 6.92 Å². The summed E-state index contributed by atoms with van der Waals surface area (Å²) in [5.74, 6) is -0.642. The number of benzene rings is 1. The van der Waals surface area contributed by atoms with Gasteiger partial charge in [0, 0.05) is 6.54 Å². The molecule has 1 aliphatic rings. The minimum absolute atomic E-state index is 0.0845. The number of thiocarbonyl (C=S) groups is 1. The van der Waals surface area contributed by atoms with Crippen LogP contribution in [0.2, 0.25) is 0 Å². The maximum atomic E-state index is 12.1. The van der Waals surface area contributed by atoms with E-state index in [1.165, 1.54) is 11.8 Å². The SMILES string of the molecule is CCN1C(=O)/C(=C\c2ccc(OCC(=O)O)cc2)SC1=S. The minimum Gasteiger partial charge on any atom is -0.482 e. The van der Waals surface area contributed by atoms with E-state index >= 15 is 0 Å². The van der Waals surface area contributed by atoms with Gasteiger partial charge < -0.3 is 9.84 Å². The van der Waals surface area contributed by atoms with Crippen molar-refractivity contribution in [1.82, 2.24) is 4.90 Å². The molecule has 1 amide bonds. The lowest BCUT2D eigenvalue weighted by atomic mass is 10.2. The third-order valence-corrected chi connectivity index (χ3v) is 4.11. The lowest BCUT2D eigenvalue weighted by Gasteiger charge is -2.09. The molecule has 0 unspecified atom stereocenters. The Morgan fingerprint density at radius 2 is 2.10 bits per heavy atom. The van der Waals surface area contributed by atoms with Crippen LogP contribution in [-0.4, -0.2) is 39.4 Å². The predicted molar refractivity (Wildman–Crippen MR) is 85.1 cm³/mol. The molecule has 0 aliphatic carbocycles. The Balaban J connectivity index is 2.09. The van der Waals surface area contributed by atoms with Gasteiger partial charge in [-0.15, -0.1) is 0 Å². The van der Waals surface area contributed by atoms with E-state index in [0.717, 1.165) is 5.56 Å². The second-order valence-electron chi connectivity index (χ2n) is 4.18. The number of carboxylic acids is 1. The monoisotopic (exact) mass is 323 g/mol. The van der Waals surface area contributed by atoms with Crippen LogP contribution in [0.5, 0.6) is 5.75 Å². The number of hydrogen-bond donors (Lipinski definition) is 1. The highest BCUT2D eigenvalue weighted by atomic mass is 32.2. The molecule has 0 aromatic heterocycles. The van der Waals surface area contributed by atoms with Crippen LogP contribution in [0.1, 0.15) is 12.5 Å². The van der Waals surface area contributed by atoms with Gasteiger partial charge in [-0.3, -0.25) is 9.69 Å². The first-order valence-corrected chi connectivity index (χ1v) is 7.43. The molecule has 0 saturated carbocycles. The largest absolute Gasteiger partial charge is 0.482 e. The van der Waals surface area contributed by atoms with Crippen LogP contribution in [0.3, 0.4) is 0 Å². The minimum atomic E-state index is -1.03. The molecular weight excluding hydrogens is 310 g/mol. The Labute approximate surface area is 131 Å². The first-order valence-electron chi connectivity index (χ1n) is 6.21. The number of likely N-dealkylation sites (N-methyl/N-ethyl adjacent to an activating group) is 1. The van der Waals surface area contributed by atoms with Gasteiger partial charge in [0.05, 0.1) is 4.91 Å². The second kappa shape index (κ2) is 6.73. The Bertz CT molecular complexity index is 610. The number of ether oxygens (including phenoxy) is 1. The van der Waals surface area contributed by atoms with E-state index in [9.17, 15) is 9.59 Å². The smallest absolute Gasteiger partial charge is 0.341 e. The van der Waals surface area contributed by atoms with Gasteiger partial charge in [0.2, 0.25) is 0 Å². The molecule has 7 heteroatoms. The summed E-state index contributed by atoms with van der Waals surface area (Å²) in [5.41, 5.74) is 0.828. The molecule has 1 fully saturated rings. The van der Waals surface area contributed by atoms with Gasteiger partial charge in [0.1, 0.15) is 10.1 Å². The number of carboxylic acid groups (broad SMARTS) is 1. The van der Waals surface area contributed by atoms with Crippen LogP contribution in [0.4, 0.5) is 0 Å². The van der Waals surface area contributed by atoms with Gasteiger partial charge in [0.15, 0.2) is 6.61 Å². The van der Waals surface area contributed by atoms with Crippen molar-refractivity contribution in [1.29, 1.82) is 0 Å². The number of rotatable bonds is 5. The first kappa shape index (κ1) is 15.5. The van der Waals surface area contributed by atoms with E-state index < -0.39 is 5.97 Å². The summed E-state index contributed by atoms with van der Waals surface area (Å²) in [5, 5.41) is 8.53. The number of aliphatic carboxylic acids is 1. The van der Waals surface area contributed by atoms with E-state index in [0.29, 0.717) is 21.5 Å². The van der Waals surface area contributed by atoms with Crippen molar-refractivity contribution in [3.8, 4) is 5.75 Å². The van der Waals surface area contributed by atoms with Crippen LogP contribution < -0.4 is 4.74 Å². The zero-order valence-corrected chi connectivity index (χ0v) is 12.9. The zero-order valence-electron chi connectivity index (χ0n) is 11.2. The third kappa shape index (κ3) is 3.83. The Morgan fingerprint density at radius 3 is 2.62 bits per heavy atom. The average molecular weight is 323 g/mol. The molecule has 0 spiro atoms. The van der Waals surface area contributed by atoms with Gasteiger partial charge in [-0.1, -0.05) is 36.1 Å². The Kier molecular flexibility index (Phi) is 4.98. The maximum absolute atomic E-state index is 12.1. The van der Waals surface area contributed by atoms with Crippen LogP contribution in [0.25, 0.3) is 6.08 Å². The lowest BCUT2D eigenvalue weighted by Crippen LogP contribution is -2.27. The van der Waals surface area contributed by atoms with Crippen molar-refractivity contribution in [2.75, 3.05) is 13.2 Å². The van der Waals surface area contributed by atoms with Crippen molar-refractivity contribution in [2.24, 2.45) is 0 Å². The standard InChI is InChI=1S/C14H13NO4S2/c1-2-15-13(18)11(21-14(15)20)7-9-3-5-10(6-4-9)19-8-12(16)17/h3-7H,2,8H2,1H3,(H,16,17)/b11-7+. The fraction of sp³-hybridized carbons (Fsp3) is 0.214. The van der Waals surface area contributed by atoms with E-state index in [4.69, 9.17) is 22.1 Å². The summed E-state index contributed by atoms with van der Waals surface area (Å²) in [7, 11) is 0. The van der Waals surface area contributed by atoms with E-state index in [1.54, 1.807) is 35.2 Å². The van der Waals surface area contributed by atoms with Crippen molar-refractivity contribution < 1.29 is 19.4 Å². The summed E-state index contributed by atoms with van der Waals surface area (Å²) >= 11 is 6.42. The molecule has 1 saturated heterocycles. The number of carbonyl (C=O) groups excluding carboxylic acids is 1. The summed E-state index contributed by atoms with van der Waals surface area (Å²) in [6.07, 6.45) is 1.76. The van der Waals surface area contributed by atoms with Crippen molar-refractivity contribution in [2.45, 2.75) is 6.92 Å². The molecule has 0 atom stereocenters. The topological polar surface area (TPSA) is 66.8 Å². The molecule has 1 aromatic rings. The molecule has 1 aliphatic heterocycles. The van der Waals surface area contributed by atoms with Gasteiger partial charge in [-0.2, -0.15) is 0 Å². The van der Waals surface area contributed by atoms with Crippen LogP contribution in [0, 0.1) is 0 Å². The number of hydrogen-bond acceptors (Lipinski definition) is 5. The van der Waals surface area contributed by atoms with Crippen molar-refractivity contribution in [3.63, 3.8) is 0 Å².